The van der Waals surface area contributed by atoms with Crippen molar-refractivity contribution >= 4 is 39.1 Å². The van der Waals surface area contributed by atoms with Crippen LogP contribution in [0.4, 0.5) is 0 Å². The topological polar surface area (TPSA) is 106 Å². The third kappa shape index (κ3) is 5.12. The summed E-state index contributed by atoms with van der Waals surface area (Å²) in [5.41, 5.74) is 8.48. The number of carbonyl (C=O) groups excluding carboxylic acids is 1. The van der Waals surface area contributed by atoms with Crippen molar-refractivity contribution in [1.29, 1.82) is 0 Å². The zero-order chi connectivity index (χ0) is 23.4. The number of hydrogen-bond donors (Lipinski definition) is 1. The van der Waals surface area contributed by atoms with Crippen LogP contribution in [0.5, 0.6) is 0 Å². The molecule has 1 amide bonds. The van der Waals surface area contributed by atoms with Gasteiger partial charge in [-0.25, -0.2) is 8.42 Å². The van der Waals surface area contributed by atoms with E-state index in [4.69, 9.17) is 17.3 Å². The summed E-state index contributed by atoms with van der Waals surface area (Å²) < 4.78 is 32.3. The van der Waals surface area contributed by atoms with Crippen LogP contribution in [0.15, 0.2) is 89.1 Å². The summed E-state index contributed by atoms with van der Waals surface area (Å²) in [6, 6.07) is 20.5. The van der Waals surface area contributed by atoms with E-state index in [1.54, 1.807) is 42.5 Å². The predicted molar refractivity (Wildman–Crippen MR) is 128 cm³/mol. The normalized spacial score (nSPS) is 12.5. The summed E-state index contributed by atoms with van der Waals surface area (Å²) in [6.07, 6.45) is 0. The lowest BCUT2D eigenvalue weighted by atomic mass is 10.1. The Morgan fingerprint density at radius 1 is 1.00 bits per heavy atom. The molecule has 0 radical (unpaired) electrons. The molecule has 10 heteroatoms. The number of carbonyl (C=O) groups is 1. The van der Waals surface area contributed by atoms with Crippen LogP contribution in [0.3, 0.4) is 0 Å². The highest BCUT2D eigenvalue weighted by molar-refractivity contribution is 7.89. The molecular formula is C23H19ClN4O3S2. The minimum absolute atomic E-state index is 0.0132. The smallest absolute Gasteiger partial charge is 0.244 e. The Balaban J connectivity index is 1.77. The lowest BCUT2D eigenvalue weighted by Crippen LogP contribution is -2.41. The second kappa shape index (κ2) is 9.80. The Morgan fingerprint density at radius 3 is 2.24 bits per heavy atom. The van der Waals surface area contributed by atoms with Gasteiger partial charge in [-0.15, -0.1) is 5.10 Å². The molecule has 0 spiro atoms. The molecule has 4 aromatic rings. The van der Waals surface area contributed by atoms with Gasteiger partial charge in [0.25, 0.3) is 0 Å². The lowest BCUT2D eigenvalue weighted by molar-refractivity contribution is -0.122. The molecular weight excluding hydrogens is 480 g/mol. The number of sulfonamides is 1. The summed E-state index contributed by atoms with van der Waals surface area (Å²) in [4.78, 5) is 12.6. The van der Waals surface area contributed by atoms with Crippen LogP contribution < -0.4 is 5.73 Å². The number of benzene rings is 3. The van der Waals surface area contributed by atoms with Crippen LogP contribution in [0, 0.1) is 0 Å². The molecule has 0 aliphatic carbocycles. The first-order valence-electron chi connectivity index (χ1n) is 9.84. The maximum atomic E-state index is 13.7. The Morgan fingerprint density at radius 2 is 1.67 bits per heavy atom. The van der Waals surface area contributed by atoms with Crippen LogP contribution >= 0.6 is 23.1 Å². The van der Waals surface area contributed by atoms with Crippen molar-refractivity contribution < 1.29 is 13.2 Å². The molecule has 4 rings (SSSR count). The zero-order valence-electron chi connectivity index (χ0n) is 17.2. The number of amides is 1. The van der Waals surface area contributed by atoms with Gasteiger partial charge in [0.2, 0.25) is 15.9 Å². The summed E-state index contributed by atoms with van der Waals surface area (Å²) in [5.74, 6) is -0.774. The summed E-state index contributed by atoms with van der Waals surface area (Å²) in [5, 5.41) is 6.27. The molecule has 33 heavy (non-hydrogen) atoms. The fourth-order valence-electron chi connectivity index (χ4n) is 3.42. The van der Waals surface area contributed by atoms with Crippen molar-refractivity contribution in [1.82, 2.24) is 13.9 Å². The number of rotatable bonds is 8. The number of aromatic nitrogens is 2. The Kier molecular flexibility index (Phi) is 6.85. The first kappa shape index (κ1) is 23.1. The van der Waals surface area contributed by atoms with Gasteiger partial charge >= 0.3 is 0 Å². The van der Waals surface area contributed by atoms with E-state index in [0.29, 0.717) is 16.1 Å². The highest BCUT2D eigenvalue weighted by Crippen LogP contribution is 2.31. The summed E-state index contributed by atoms with van der Waals surface area (Å²) in [7, 11) is -4.11. The molecule has 0 bridgehead atoms. The second-order valence-electron chi connectivity index (χ2n) is 7.21. The molecule has 0 aliphatic heterocycles. The third-order valence-corrected chi connectivity index (χ3v) is 7.62. The van der Waals surface area contributed by atoms with E-state index in [9.17, 15) is 13.2 Å². The molecule has 1 unspecified atom stereocenters. The van der Waals surface area contributed by atoms with Crippen LogP contribution in [0.25, 0.3) is 11.3 Å². The number of primary amides is 1. The predicted octanol–water partition coefficient (Wildman–Crippen LogP) is 4.28. The van der Waals surface area contributed by atoms with Crippen molar-refractivity contribution in [2.75, 3.05) is 0 Å². The molecule has 2 N–H and O–H groups in total. The molecule has 1 aromatic heterocycles. The average molecular weight is 499 g/mol. The number of halogens is 1. The molecule has 0 saturated heterocycles. The van der Waals surface area contributed by atoms with Gasteiger partial charge in [0, 0.05) is 22.5 Å². The Hall–Kier alpha value is -3.11. The van der Waals surface area contributed by atoms with Gasteiger partial charge in [0.05, 0.1) is 4.90 Å². The van der Waals surface area contributed by atoms with E-state index in [1.807, 2.05) is 17.5 Å². The number of nitrogens with zero attached hydrogens (tertiary/aromatic N) is 3. The monoisotopic (exact) mass is 498 g/mol. The summed E-state index contributed by atoms with van der Waals surface area (Å²) >= 11 is 7.19. The average Bonchev–Trinajstić information content (AvgIpc) is 3.35. The Labute approximate surface area is 200 Å². The first-order valence-corrected chi connectivity index (χ1v) is 12.5. The minimum Gasteiger partial charge on any atom is -0.368 e. The molecule has 0 fully saturated rings. The van der Waals surface area contributed by atoms with Crippen LogP contribution in [0.1, 0.15) is 17.2 Å². The largest absolute Gasteiger partial charge is 0.368 e. The first-order chi connectivity index (χ1) is 15.9. The SMILES string of the molecule is NC(=O)C(c1ccccc1)N(Cc1ccc(-c2csnn2)cc1)S(=O)(=O)c1ccc(Cl)cc1. The van der Waals surface area contributed by atoms with Gasteiger partial charge in [-0.3, -0.25) is 4.79 Å². The fourth-order valence-corrected chi connectivity index (χ4v) is 5.58. The maximum Gasteiger partial charge on any atom is 0.244 e. The standard InChI is InChI=1S/C23H19ClN4O3S2/c24-19-10-12-20(13-11-19)33(30,31)28(22(23(25)29)18-4-2-1-3-5-18)14-16-6-8-17(9-7-16)21-15-32-27-26-21/h1-13,15,22H,14H2,(H2,25,29). The van der Waals surface area contributed by atoms with Crippen LogP contribution in [0.2, 0.25) is 5.02 Å². The van der Waals surface area contributed by atoms with Gasteiger partial charge in [-0.2, -0.15) is 4.31 Å². The summed E-state index contributed by atoms with van der Waals surface area (Å²) in [6.45, 7) is -0.0664. The van der Waals surface area contributed by atoms with E-state index in [0.717, 1.165) is 15.6 Å². The third-order valence-electron chi connectivity index (χ3n) is 5.04. The highest BCUT2D eigenvalue weighted by Gasteiger charge is 2.36. The molecule has 0 aliphatic rings. The molecule has 3 aromatic carbocycles. The van der Waals surface area contributed by atoms with Gasteiger partial charge in [0.15, 0.2) is 0 Å². The van der Waals surface area contributed by atoms with Crippen LogP contribution in [-0.4, -0.2) is 28.2 Å². The maximum absolute atomic E-state index is 13.7. The fraction of sp³-hybridized carbons (Fsp3) is 0.0870. The van der Waals surface area contributed by atoms with E-state index >= 15 is 0 Å². The molecule has 0 saturated carbocycles. The van der Waals surface area contributed by atoms with Crippen LogP contribution in [-0.2, 0) is 21.4 Å². The number of hydrogen-bond acceptors (Lipinski definition) is 6. The van der Waals surface area contributed by atoms with Crippen molar-refractivity contribution in [3.63, 3.8) is 0 Å². The molecule has 1 heterocycles. The van der Waals surface area contributed by atoms with Gasteiger partial charge < -0.3 is 5.73 Å². The van der Waals surface area contributed by atoms with Crippen molar-refractivity contribution in [2.24, 2.45) is 5.73 Å². The van der Waals surface area contributed by atoms with E-state index in [1.165, 1.54) is 35.8 Å². The van der Waals surface area contributed by atoms with Crippen molar-refractivity contribution in [3.8, 4) is 11.3 Å². The van der Waals surface area contributed by atoms with Gasteiger partial charge in [-0.05, 0) is 46.9 Å². The Bertz CT molecular complexity index is 1330. The van der Waals surface area contributed by atoms with Gasteiger partial charge in [0.1, 0.15) is 11.7 Å². The van der Waals surface area contributed by atoms with Gasteiger partial charge in [-0.1, -0.05) is 70.7 Å². The minimum atomic E-state index is -4.11. The molecule has 1 atom stereocenters. The molecule has 7 nitrogen and oxygen atoms in total. The van der Waals surface area contributed by atoms with E-state index in [-0.39, 0.29) is 11.4 Å². The quantitative estimate of drug-likeness (QED) is 0.390. The molecule has 168 valence electrons. The van der Waals surface area contributed by atoms with Crippen molar-refractivity contribution in [2.45, 2.75) is 17.5 Å². The second-order valence-corrected chi connectivity index (χ2v) is 10.1. The van der Waals surface area contributed by atoms with Crippen molar-refractivity contribution in [3.05, 3.63) is 100 Å². The lowest BCUT2D eigenvalue weighted by Gasteiger charge is -2.29. The van der Waals surface area contributed by atoms with E-state index in [2.05, 4.69) is 9.59 Å². The zero-order valence-corrected chi connectivity index (χ0v) is 19.6. The number of nitrogens with two attached hydrogens (primary N) is 1. The highest BCUT2D eigenvalue weighted by atomic mass is 35.5. The van der Waals surface area contributed by atoms with E-state index < -0.39 is 22.0 Å².